The fourth-order valence-electron chi connectivity index (χ4n) is 3.10. The number of hydrogen-bond acceptors (Lipinski definition) is 3. The van der Waals surface area contributed by atoms with Crippen molar-refractivity contribution in [2.75, 3.05) is 4.90 Å². The molecule has 0 radical (unpaired) electrons. The average Bonchev–Trinajstić information content (AvgIpc) is 3.09. The van der Waals surface area contributed by atoms with Crippen LogP contribution >= 0.6 is 0 Å². The van der Waals surface area contributed by atoms with E-state index in [1.54, 1.807) is 4.90 Å². The standard InChI is InChI=1S/C21H26N2O3Si/c1-16(2)27(25,26)12-11-17-7-9-18(10-8-17)14-23(15-24)21-13-22-20-6-4-3-5-19(20)21/h3-10,13,15-16,22,25-26H,11-12,14H2,1-2H3. The number of amides is 1. The highest BCUT2D eigenvalue weighted by molar-refractivity contribution is 6.66. The molecule has 3 N–H and O–H groups in total. The summed E-state index contributed by atoms with van der Waals surface area (Å²) in [5, 5.41) is 1.02. The number of hydrogen-bond donors (Lipinski definition) is 3. The Hall–Kier alpha value is -2.41. The van der Waals surface area contributed by atoms with E-state index in [9.17, 15) is 14.4 Å². The number of nitrogens with zero attached hydrogens (tertiary/aromatic N) is 1. The quantitative estimate of drug-likeness (QED) is 0.411. The van der Waals surface area contributed by atoms with Crippen LogP contribution < -0.4 is 4.90 Å². The van der Waals surface area contributed by atoms with Crippen LogP contribution in [-0.2, 0) is 17.8 Å². The summed E-state index contributed by atoms with van der Waals surface area (Å²) in [5.74, 6) is 0. The number of aryl methyl sites for hydroxylation is 1. The summed E-state index contributed by atoms with van der Waals surface area (Å²) in [6.45, 7) is 4.19. The van der Waals surface area contributed by atoms with Crippen LogP contribution in [0.25, 0.3) is 10.9 Å². The van der Waals surface area contributed by atoms with Crippen molar-refractivity contribution in [3.05, 3.63) is 65.9 Å². The lowest BCUT2D eigenvalue weighted by molar-refractivity contribution is -0.107. The van der Waals surface area contributed by atoms with Gasteiger partial charge in [0.05, 0.1) is 12.2 Å². The van der Waals surface area contributed by atoms with E-state index in [0.29, 0.717) is 19.0 Å². The lowest BCUT2D eigenvalue weighted by Gasteiger charge is -2.21. The number of anilines is 1. The van der Waals surface area contributed by atoms with Gasteiger partial charge < -0.3 is 19.5 Å². The molecule has 0 spiro atoms. The Morgan fingerprint density at radius 3 is 2.41 bits per heavy atom. The molecule has 0 fully saturated rings. The number of aromatic nitrogens is 1. The maximum atomic E-state index is 11.7. The SMILES string of the molecule is CC(C)[Si](O)(O)CCc1ccc(CN(C=O)c2c[nH]c3ccccc23)cc1. The number of carbonyl (C=O) groups excluding carboxylic acids is 1. The van der Waals surface area contributed by atoms with Crippen molar-refractivity contribution >= 4 is 31.6 Å². The van der Waals surface area contributed by atoms with Crippen LogP contribution in [-0.4, -0.2) is 29.5 Å². The second-order valence-electron chi connectivity index (χ2n) is 7.30. The van der Waals surface area contributed by atoms with Gasteiger partial charge in [-0.15, -0.1) is 0 Å². The predicted molar refractivity (Wildman–Crippen MR) is 111 cm³/mol. The van der Waals surface area contributed by atoms with Gasteiger partial charge >= 0.3 is 8.56 Å². The number of carbonyl (C=O) groups is 1. The lowest BCUT2D eigenvalue weighted by atomic mass is 10.1. The molecule has 0 aliphatic rings. The normalized spacial score (nSPS) is 11.9. The summed E-state index contributed by atoms with van der Waals surface area (Å²) in [6, 6.07) is 16.3. The maximum absolute atomic E-state index is 11.7. The van der Waals surface area contributed by atoms with Crippen molar-refractivity contribution in [2.24, 2.45) is 0 Å². The molecule has 0 saturated heterocycles. The van der Waals surface area contributed by atoms with E-state index in [1.807, 2.05) is 68.6 Å². The number of nitrogens with one attached hydrogen (secondary N) is 1. The Morgan fingerprint density at radius 1 is 1.07 bits per heavy atom. The van der Waals surface area contributed by atoms with Gasteiger partial charge in [-0.2, -0.15) is 0 Å². The first kappa shape index (κ1) is 19.4. The lowest BCUT2D eigenvalue weighted by Crippen LogP contribution is -2.38. The van der Waals surface area contributed by atoms with Crippen molar-refractivity contribution in [1.29, 1.82) is 0 Å². The second kappa shape index (κ2) is 8.08. The summed E-state index contributed by atoms with van der Waals surface area (Å²) >= 11 is 0. The average molecular weight is 383 g/mol. The Balaban J connectivity index is 1.69. The first-order valence-corrected chi connectivity index (χ1v) is 11.4. The molecule has 1 amide bonds. The highest BCUT2D eigenvalue weighted by atomic mass is 28.4. The van der Waals surface area contributed by atoms with Gasteiger partial charge in [0.1, 0.15) is 0 Å². The zero-order valence-electron chi connectivity index (χ0n) is 15.7. The molecule has 0 aliphatic heterocycles. The summed E-state index contributed by atoms with van der Waals surface area (Å²) < 4.78 is 0. The van der Waals surface area contributed by atoms with Gasteiger partial charge in [-0.1, -0.05) is 56.3 Å². The predicted octanol–water partition coefficient (Wildman–Crippen LogP) is 3.71. The largest absolute Gasteiger partial charge is 0.410 e. The number of H-pyrrole nitrogens is 1. The minimum atomic E-state index is -3.13. The molecule has 3 aromatic rings. The van der Waals surface area contributed by atoms with E-state index < -0.39 is 8.56 Å². The molecule has 2 aromatic carbocycles. The molecule has 142 valence electrons. The Labute approximate surface area is 160 Å². The van der Waals surface area contributed by atoms with Crippen molar-refractivity contribution in [3.63, 3.8) is 0 Å². The van der Waals surface area contributed by atoms with Crippen LogP contribution in [0.5, 0.6) is 0 Å². The Bertz CT molecular complexity index is 903. The number of benzene rings is 2. The third-order valence-electron chi connectivity index (χ3n) is 5.09. The maximum Gasteiger partial charge on any atom is 0.335 e. The molecule has 27 heavy (non-hydrogen) atoms. The number of aromatic amines is 1. The Kier molecular flexibility index (Phi) is 5.79. The molecular weight excluding hydrogens is 356 g/mol. The first-order chi connectivity index (χ1) is 12.9. The molecule has 1 aromatic heterocycles. The monoisotopic (exact) mass is 382 g/mol. The minimum absolute atomic E-state index is 0.0749. The highest BCUT2D eigenvalue weighted by Crippen LogP contribution is 2.27. The van der Waals surface area contributed by atoms with Crippen LogP contribution in [0.3, 0.4) is 0 Å². The van der Waals surface area contributed by atoms with Crippen LogP contribution in [0.15, 0.2) is 54.7 Å². The molecule has 0 atom stereocenters. The zero-order valence-corrected chi connectivity index (χ0v) is 16.7. The third-order valence-corrected chi connectivity index (χ3v) is 7.92. The topological polar surface area (TPSA) is 76.6 Å². The first-order valence-electron chi connectivity index (χ1n) is 9.21. The fourth-order valence-corrected chi connectivity index (χ4v) is 4.33. The van der Waals surface area contributed by atoms with Crippen LogP contribution in [0.4, 0.5) is 5.69 Å². The molecule has 0 bridgehead atoms. The van der Waals surface area contributed by atoms with Gasteiger partial charge in [0.2, 0.25) is 6.41 Å². The van der Waals surface area contributed by atoms with E-state index in [4.69, 9.17) is 0 Å². The third kappa shape index (κ3) is 4.47. The molecule has 5 nitrogen and oxygen atoms in total. The van der Waals surface area contributed by atoms with Crippen LogP contribution in [0.1, 0.15) is 25.0 Å². The smallest absolute Gasteiger partial charge is 0.335 e. The highest BCUT2D eigenvalue weighted by Gasteiger charge is 2.32. The van der Waals surface area contributed by atoms with E-state index in [2.05, 4.69) is 4.98 Å². The van der Waals surface area contributed by atoms with Crippen molar-refractivity contribution < 1.29 is 14.4 Å². The van der Waals surface area contributed by atoms with Crippen molar-refractivity contribution in [1.82, 2.24) is 4.98 Å². The summed E-state index contributed by atoms with van der Waals surface area (Å²) in [4.78, 5) is 36.7. The molecular formula is C21H26N2O3Si. The van der Waals surface area contributed by atoms with Crippen LogP contribution in [0, 0.1) is 0 Å². The van der Waals surface area contributed by atoms with Crippen LogP contribution in [0.2, 0.25) is 11.6 Å². The van der Waals surface area contributed by atoms with Gasteiger partial charge in [-0.25, -0.2) is 0 Å². The molecule has 0 unspecified atom stereocenters. The van der Waals surface area contributed by atoms with E-state index >= 15 is 0 Å². The minimum Gasteiger partial charge on any atom is -0.410 e. The fraction of sp³-hybridized carbons (Fsp3) is 0.286. The summed E-state index contributed by atoms with van der Waals surface area (Å²) in [6.07, 6.45) is 3.35. The van der Waals surface area contributed by atoms with Gasteiger partial charge in [0.25, 0.3) is 0 Å². The number of fused-ring (bicyclic) bond motifs is 1. The zero-order chi connectivity index (χ0) is 19.4. The van der Waals surface area contributed by atoms with Crippen molar-refractivity contribution in [2.45, 2.75) is 38.4 Å². The summed E-state index contributed by atoms with van der Waals surface area (Å²) in [7, 11) is -3.13. The van der Waals surface area contributed by atoms with Gasteiger partial charge in [-0.05, 0) is 35.2 Å². The Morgan fingerprint density at radius 2 is 1.74 bits per heavy atom. The number of para-hydroxylation sites is 1. The molecule has 1 heterocycles. The van der Waals surface area contributed by atoms with Gasteiger partial charge in [0, 0.05) is 17.1 Å². The second-order valence-corrected chi connectivity index (χ2v) is 10.7. The van der Waals surface area contributed by atoms with Gasteiger partial charge in [0.15, 0.2) is 0 Å². The molecule has 0 saturated carbocycles. The van der Waals surface area contributed by atoms with E-state index in [0.717, 1.165) is 34.1 Å². The van der Waals surface area contributed by atoms with Gasteiger partial charge in [-0.3, -0.25) is 4.79 Å². The number of rotatable bonds is 8. The van der Waals surface area contributed by atoms with E-state index in [1.165, 1.54) is 0 Å². The molecule has 6 heteroatoms. The summed E-state index contributed by atoms with van der Waals surface area (Å²) in [5.41, 5.74) is 3.88. The van der Waals surface area contributed by atoms with E-state index in [-0.39, 0.29) is 5.54 Å². The van der Waals surface area contributed by atoms with Crippen molar-refractivity contribution in [3.8, 4) is 0 Å². The molecule has 3 rings (SSSR count). The molecule has 0 aliphatic carbocycles.